The standard InChI is InChI=1S/C10H13N3O2/c1-2-9(15-10(11)14)13-12-8-6-4-3-5-7-8/h3-7,9H,2H2,1H3,(H2,11,14). The first-order chi connectivity index (χ1) is 7.22. The number of carbonyl (C=O) groups is 1. The fourth-order valence-corrected chi connectivity index (χ4v) is 0.948. The smallest absolute Gasteiger partial charge is 0.406 e. The molecule has 5 heteroatoms. The summed E-state index contributed by atoms with van der Waals surface area (Å²) in [5.41, 5.74) is 5.59. The van der Waals surface area contributed by atoms with Gasteiger partial charge in [0.2, 0.25) is 6.23 Å². The van der Waals surface area contributed by atoms with Crippen LogP contribution in [0.5, 0.6) is 0 Å². The summed E-state index contributed by atoms with van der Waals surface area (Å²) in [6.07, 6.45) is -0.907. The van der Waals surface area contributed by atoms with Gasteiger partial charge in [-0.25, -0.2) is 4.79 Å². The molecular weight excluding hydrogens is 194 g/mol. The predicted molar refractivity (Wildman–Crippen MR) is 55.7 cm³/mol. The van der Waals surface area contributed by atoms with E-state index in [1.54, 1.807) is 12.1 Å². The van der Waals surface area contributed by atoms with Crippen molar-refractivity contribution in [3.8, 4) is 0 Å². The quantitative estimate of drug-likeness (QED) is 0.770. The number of azo groups is 1. The molecule has 0 aliphatic rings. The molecule has 0 saturated heterocycles. The SMILES string of the molecule is CCC(N=Nc1ccccc1)OC(N)=O. The minimum atomic E-state index is -0.839. The summed E-state index contributed by atoms with van der Waals surface area (Å²) in [6.45, 7) is 1.83. The van der Waals surface area contributed by atoms with Crippen molar-refractivity contribution in [3.05, 3.63) is 30.3 Å². The van der Waals surface area contributed by atoms with E-state index < -0.39 is 12.3 Å². The Morgan fingerprint density at radius 1 is 1.47 bits per heavy atom. The first-order valence-corrected chi connectivity index (χ1v) is 4.64. The zero-order valence-corrected chi connectivity index (χ0v) is 8.46. The monoisotopic (exact) mass is 207 g/mol. The average Bonchev–Trinajstić information content (AvgIpc) is 2.25. The third-order valence-corrected chi connectivity index (χ3v) is 1.66. The average molecular weight is 207 g/mol. The lowest BCUT2D eigenvalue weighted by molar-refractivity contribution is 0.105. The molecule has 0 aliphatic heterocycles. The van der Waals surface area contributed by atoms with Crippen LogP contribution >= 0.6 is 0 Å². The Hall–Kier alpha value is -1.91. The summed E-state index contributed by atoms with van der Waals surface area (Å²) in [4.78, 5) is 10.5. The van der Waals surface area contributed by atoms with Crippen LogP contribution in [-0.4, -0.2) is 12.3 Å². The van der Waals surface area contributed by atoms with Gasteiger partial charge in [0.25, 0.3) is 0 Å². The lowest BCUT2D eigenvalue weighted by Gasteiger charge is -2.07. The van der Waals surface area contributed by atoms with Gasteiger partial charge in [-0.1, -0.05) is 25.1 Å². The molecule has 0 fully saturated rings. The van der Waals surface area contributed by atoms with Gasteiger partial charge in [0.05, 0.1) is 5.69 Å². The number of hydrogen-bond acceptors (Lipinski definition) is 4. The molecule has 0 aliphatic carbocycles. The second-order valence-corrected chi connectivity index (χ2v) is 2.85. The van der Waals surface area contributed by atoms with Gasteiger partial charge in [-0.3, -0.25) is 0 Å². The maximum Gasteiger partial charge on any atom is 0.406 e. The maximum absolute atomic E-state index is 10.5. The van der Waals surface area contributed by atoms with E-state index in [1.807, 2.05) is 25.1 Å². The Bertz CT molecular complexity index is 338. The van der Waals surface area contributed by atoms with Crippen LogP contribution in [0.1, 0.15) is 13.3 Å². The molecule has 1 atom stereocenters. The van der Waals surface area contributed by atoms with Crippen LogP contribution in [-0.2, 0) is 4.74 Å². The van der Waals surface area contributed by atoms with Gasteiger partial charge in [0.1, 0.15) is 0 Å². The van der Waals surface area contributed by atoms with E-state index in [0.717, 1.165) is 0 Å². The van der Waals surface area contributed by atoms with E-state index in [1.165, 1.54) is 0 Å². The molecular formula is C10H13N3O2. The van der Waals surface area contributed by atoms with Crippen molar-refractivity contribution in [2.45, 2.75) is 19.6 Å². The highest BCUT2D eigenvalue weighted by Gasteiger charge is 2.07. The highest BCUT2D eigenvalue weighted by molar-refractivity contribution is 5.64. The van der Waals surface area contributed by atoms with E-state index in [2.05, 4.69) is 10.2 Å². The number of rotatable bonds is 4. The zero-order valence-electron chi connectivity index (χ0n) is 8.46. The number of nitrogens with two attached hydrogens (primary N) is 1. The Morgan fingerprint density at radius 2 is 2.13 bits per heavy atom. The fraction of sp³-hybridized carbons (Fsp3) is 0.300. The lowest BCUT2D eigenvalue weighted by Crippen LogP contribution is -2.20. The van der Waals surface area contributed by atoms with Crippen LogP contribution in [0.3, 0.4) is 0 Å². The summed E-state index contributed by atoms with van der Waals surface area (Å²) < 4.78 is 4.70. The molecule has 1 unspecified atom stereocenters. The second kappa shape index (κ2) is 5.74. The topological polar surface area (TPSA) is 77.0 Å². The number of amides is 1. The summed E-state index contributed by atoms with van der Waals surface area (Å²) in [6, 6.07) is 9.20. The number of carbonyl (C=O) groups excluding carboxylic acids is 1. The molecule has 0 saturated carbocycles. The minimum absolute atomic E-state index is 0.541. The highest BCUT2D eigenvalue weighted by atomic mass is 16.6. The van der Waals surface area contributed by atoms with E-state index in [4.69, 9.17) is 10.5 Å². The Morgan fingerprint density at radius 3 is 2.67 bits per heavy atom. The number of ether oxygens (including phenoxy) is 1. The minimum Gasteiger partial charge on any atom is -0.422 e. The molecule has 1 aromatic carbocycles. The van der Waals surface area contributed by atoms with Gasteiger partial charge in [0, 0.05) is 6.42 Å². The van der Waals surface area contributed by atoms with Crippen molar-refractivity contribution in [1.29, 1.82) is 0 Å². The number of primary amides is 1. The van der Waals surface area contributed by atoms with E-state index in [9.17, 15) is 4.79 Å². The van der Waals surface area contributed by atoms with Crippen LogP contribution < -0.4 is 5.73 Å². The highest BCUT2D eigenvalue weighted by Crippen LogP contribution is 2.12. The molecule has 2 N–H and O–H groups in total. The number of hydrogen-bond donors (Lipinski definition) is 1. The number of nitrogens with zero attached hydrogens (tertiary/aromatic N) is 2. The second-order valence-electron chi connectivity index (χ2n) is 2.85. The summed E-state index contributed by atoms with van der Waals surface area (Å²) in [5, 5.41) is 7.78. The molecule has 0 heterocycles. The van der Waals surface area contributed by atoms with Gasteiger partial charge in [-0.2, -0.15) is 5.11 Å². The molecule has 80 valence electrons. The van der Waals surface area contributed by atoms with Crippen LogP contribution in [0.2, 0.25) is 0 Å². The molecule has 1 amide bonds. The van der Waals surface area contributed by atoms with E-state index in [0.29, 0.717) is 12.1 Å². The molecule has 15 heavy (non-hydrogen) atoms. The predicted octanol–water partition coefficient (Wildman–Crippen LogP) is 2.60. The molecule has 0 radical (unpaired) electrons. The normalized spacial score (nSPS) is 12.6. The van der Waals surface area contributed by atoms with Gasteiger partial charge in [-0.15, -0.1) is 5.11 Å². The first kappa shape index (κ1) is 11.2. The molecule has 1 rings (SSSR count). The van der Waals surface area contributed by atoms with E-state index >= 15 is 0 Å². The van der Waals surface area contributed by atoms with Crippen LogP contribution in [0.15, 0.2) is 40.6 Å². The molecule has 0 aromatic heterocycles. The Labute approximate surface area is 88.0 Å². The molecule has 5 nitrogen and oxygen atoms in total. The third-order valence-electron chi connectivity index (χ3n) is 1.66. The van der Waals surface area contributed by atoms with Crippen molar-refractivity contribution in [2.75, 3.05) is 0 Å². The zero-order chi connectivity index (χ0) is 11.1. The maximum atomic E-state index is 10.5. The van der Waals surface area contributed by atoms with Crippen LogP contribution in [0, 0.1) is 0 Å². The fourth-order valence-electron chi connectivity index (χ4n) is 0.948. The largest absolute Gasteiger partial charge is 0.422 e. The van der Waals surface area contributed by atoms with Crippen molar-refractivity contribution >= 4 is 11.8 Å². The molecule has 0 bridgehead atoms. The summed E-state index contributed by atoms with van der Waals surface area (Å²) >= 11 is 0. The summed E-state index contributed by atoms with van der Waals surface area (Å²) in [7, 11) is 0. The van der Waals surface area contributed by atoms with Crippen LogP contribution in [0.4, 0.5) is 10.5 Å². The van der Waals surface area contributed by atoms with Gasteiger partial charge in [0.15, 0.2) is 0 Å². The summed E-state index contributed by atoms with van der Waals surface area (Å²) in [5.74, 6) is 0. The molecule has 1 aromatic rings. The van der Waals surface area contributed by atoms with Crippen molar-refractivity contribution in [3.63, 3.8) is 0 Å². The Kier molecular flexibility index (Phi) is 4.28. The van der Waals surface area contributed by atoms with Crippen molar-refractivity contribution in [2.24, 2.45) is 16.0 Å². The van der Waals surface area contributed by atoms with Crippen LogP contribution in [0.25, 0.3) is 0 Å². The Balaban J connectivity index is 2.58. The third kappa shape index (κ3) is 4.21. The van der Waals surface area contributed by atoms with E-state index in [-0.39, 0.29) is 0 Å². The van der Waals surface area contributed by atoms with Crippen molar-refractivity contribution in [1.82, 2.24) is 0 Å². The lowest BCUT2D eigenvalue weighted by atomic mass is 10.3. The van der Waals surface area contributed by atoms with Crippen molar-refractivity contribution < 1.29 is 9.53 Å². The number of benzene rings is 1. The van der Waals surface area contributed by atoms with Gasteiger partial charge in [-0.05, 0) is 12.1 Å². The van der Waals surface area contributed by atoms with Gasteiger partial charge < -0.3 is 10.5 Å². The van der Waals surface area contributed by atoms with Gasteiger partial charge >= 0.3 is 6.09 Å². The first-order valence-electron chi connectivity index (χ1n) is 4.64. The molecule has 0 spiro atoms.